The average Bonchev–Trinajstić information content (AvgIpc) is 2.81. The molecule has 0 saturated heterocycles. The fraction of sp³-hybridized carbons (Fsp3) is 0.0714. The van der Waals surface area contributed by atoms with Gasteiger partial charge in [0.05, 0.1) is 6.54 Å². The van der Waals surface area contributed by atoms with Gasteiger partial charge < -0.3 is 5.32 Å². The summed E-state index contributed by atoms with van der Waals surface area (Å²) >= 11 is 10.8. The monoisotopic (exact) mass is 355 g/mol. The number of hydrogen-bond donors (Lipinski definition) is 1. The van der Waals surface area contributed by atoms with Gasteiger partial charge in [0.1, 0.15) is 0 Å². The van der Waals surface area contributed by atoms with Crippen molar-refractivity contribution in [3.63, 3.8) is 0 Å². The number of carbonyl (C=O) groups is 1. The molecule has 5 heteroatoms. The van der Waals surface area contributed by atoms with E-state index in [0.717, 1.165) is 14.9 Å². The maximum atomic E-state index is 11.7. The maximum Gasteiger partial charge on any atom is 0.244 e. The number of rotatable bonds is 4. The molecule has 0 aliphatic heterocycles. The van der Waals surface area contributed by atoms with Crippen molar-refractivity contribution in [2.24, 2.45) is 0 Å². The molecule has 1 heterocycles. The number of amides is 1. The van der Waals surface area contributed by atoms with E-state index in [-0.39, 0.29) is 5.91 Å². The Morgan fingerprint density at radius 3 is 2.68 bits per heavy atom. The van der Waals surface area contributed by atoms with Crippen LogP contribution in [0.3, 0.4) is 0 Å². The third-order valence-electron chi connectivity index (χ3n) is 2.41. The highest BCUT2D eigenvalue weighted by Gasteiger charge is 2.02. The molecule has 2 nitrogen and oxygen atoms in total. The van der Waals surface area contributed by atoms with Crippen LogP contribution < -0.4 is 5.32 Å². The molecule has 2 rings (SSSR count). The van der Waals surface area contributed by atoms with Crippen molar-refractivity contribution in [1.29, 1.82) is 0 Å². The maximum absolute atomic E-state index is 11.7. The standard InChI is InChI=1S/C14H11BrClNOS/c15-12-7-8-19-13(12)9-17-14(18)6-3-10-1-4-11(16)5-2-10/h1-8H,9H2,(H,17,18). The summed E-state index contributed by atoms with van der Waals surface area (Å²) in [6.07, 6.45) is 3.28. The topological polar surface area (TPSA) is 29.1 Å². The van der Waals surface area contributed by atoms with Crippen molar-refractivity contribution in [1.82, 2.24) is 5.32 Å². The summed E-state index contributed by atoms with van der Waals surface area (Å²) in [6.45, 7) is 0.530. The largest absolute Gasteiger partial charge is 0.348 e. The lowest BCUT2D eigenvalue weighted by Gasteiger charge is -2.00. The summed E-state index contributed by atoms with van der Waals surface area (Å²) < 4.78 is 1.03. The summed E-state index contributed by atoms with van der Waals surface area (Å²) in [5, 5.41) is 5.50. The fourth-order valence-corrected chi connectivity index (χ4v) is 2.98. The first kappa shape index (κ1) is 14.3. The molecule has 2 aromatic rings. The molecule has 0 unspecified atom stereocenters. The second-order valence-corrected chi connectivity index (χ2v) is 6.09. The van der Waals surface area contributed by atoms with E-state index in [2.05, 4.69) is 21.2 Å². The Balaban J connectivity index is 1.87. The molecule has 0 aliphatic carbocycles. The summed E-state index contributed by atoms with van der Waals surface area (Å²) in [4.78, 5) is 12.8. The van der Waals surface area contributed by atoms with Crippen LogP contribution in [0.4, 0.5) is 0 Å². The van der Waals surface area contributed by atoms with Crippen molar-refractivity contribution < 1.29 is 4.79 Å². The van der Waals surface area contributed by atoms with Crippen LogP contribution in [-0.4, -0.2) is 5.91 Å². The first-order chi connectivity index (χ1) is 9.15. The highest BCUT2D eigenvalue weighted by Crippen LogP contribution is 2.22. The Morgan fingerprint density at radius 1 is 1.32 bits per heavy atom. The Bertz CT molecular complexity index is 592. The van der Waals surface area contributed by atoms with Gasteiger partial charge in [-0.1, -0.05) is 23.7 Å². The van der Waals surface area contributed by atoms with E-state index in [1.54, 1.807) is 29.5 Å². The van der Waals surface area contributed by atoms with Gasteiger partial charge in [-0.05, 0) is 51.1 Å². The first-order valence-electron chi connectivity index (χ1n) is 5.58. The minimum atomic E-state index is -0.116. The molecule has 1 aromatic heterocycles. The van der Waals surface area contributed by atoms with E-state index >= 15 is 0 Å². The molecule has 0 radical (unpaired) electrons. The van der Waals surface area contributed by atoms with Crippen molar-refractivity contribution >= 4 is 50.9 Å². The van der Waals surface area contributed by atoms with Crippen LogP contribution in [0.15, 0.2) is 46.3 Å². The number of halogens is 2. The highest BCUT2D eigenvalue weighted by atomic mass is 79.9. The quantitative estimate of drug-likeness (QED) is 0.803. The minimum absolute atomic E-state index is 0.116. The molecular formula is C14H11BrClNOS. The van der Waals surface area contributed by atoms with Crippen molar-refractivity contribution in [2.45, 2.75) is 6.54 Å². The number of carbonyl (C=O) groups excluding carboxylic acids is 1. The number of nitrogens with one attached hydrogen (secondary N) is 1. The molecule has 98 valence electrons. The van der Waals surface area contributed by atoms with E-state index in [9.17, 15) is 4.79 Å². The number of benzene rings is 1. The molecule has 0 atom stereocenters. The van der Waals surface area contributed by atoms with Gasteiger partial charge in [0, 0.05) is 20.4 Å². The lowest BCUT2D eigenvalue weighted by Crippen LogP contribution is -2.19. The van der Waals surface area contributed by atoms with Gasteiger partial charge in [0.25, 0.3) is 0 Å². The van der Waals surface area contributed by atoms with Crippen LogP contribution in [0.25, 0.3) is 6.08 Å². The SMILES string of the molecule is O=C(C=Cc1ccc(Cl)cc1)NCc1sccc1Br. The van der Waals surface area contributed by atoms with Crippen LogP contribution in [-0.2, 0) is 11.3 Å². The number of hydrogen-bond acceptors (Lipinski definition) is 2. The second kappa shape index (κ2) is 6.89. The zero-order chi connectivity index (χ0) is 13.7. The Labute approximate surface area is 129 Å². The van der Waals surface area contributed by atoms with Crippen molar-refractivity contribution in [3.05, 3.63) is 61.7 Å². The molecule has 1 aromatic carbocycles. The van der Waals surface area contributed by atoms with E-state index < -0.39 is 0 Å². The smallest absolute Gasteiger partial charge is 0.244 e. The highest BCUT2D eigenvalue weighted by molar-refractivity contribution is 9.10. The van der Waals surface area contributed by atoms with Gasteiger partial charge in [-0.2, -0.15) is 0 Å². The molecule has 0 spiro atoms. The van der Waals surface area contributed by atoms with Crippen LogP contribution >= 0.6 is 38.9 Å². The van der Waals surface area contributed by atoms with Crippen molar-refractivity contribution in [2.75, 3.05) is 0 Å². The zero-order valence-corrected chi connectivity index (χ0v) is 13.1. The predicted molar refractivity (Wildman–Crippen MR) is 84.4 cm³/mol. The molecule has 1 N–H and O–H groups in total. The summed E-state index contributed by atoms with van der Waals surface area (Å²) in [7, 11) is 0. The van der Waals surface area contributed by atoms with Crippen molar-refractivity contribution in [3.8, 4) is 0 Å². The summed E-state index contributed by atoms with van der Waals surface area (Å²) in [5.74, 6) is -0.116. The molecule has 0 bridgehead atoms. The summed E-state index contributed by atoms with van der Waals surface area (Å²) in [6, 6.07) is 9.28. The first-order valence-corrected chi connectivity index (χ1v) is 7.63. The van der Waals surface area contributed by atoms with Crippen LogP contribution in [0, 0.1) is 0 Å². The van der Waals surface area contributed by atoms with Gasteiger partial charge in [0.15, 0.2) is 0 Å². The molecule has 0 saturated carbocycles. The molecular weight excluding hydrogens is 346 g/mol. The van der Waals surface area contributed by atoms with Gasteiger partial charge >= 0.3 is 0 Å². The van der Waals surface area contributed by atoms with E-state index in [4.69, 9.17) is 11.6 Å². The van der Waals surface area contributed by atoms with E-state index in [0.29, 0.717) is 11.6 Å². The number of thiophene rings is 1. The van der Waals surface area contributed by atoms with Gasteiger partial charge in [-0.25, -0.2) is 0 Å². The van der Waals surface area contributed by atoms with Gasteiger partial charge in [0.2, 0.25) is 5.91 Å². The Morgan fingerprint density at radius 2 is 2.05 bits per heavy atom. The summed E-state index contributed by atoms with van der Waals surface area (Å²) in [5.41, 5.74) is 0.942. The molecule has 19 heavy (non-hydrogen) atoms. The minimum Gasteiger partial charge on any atom is -0.348 e. The predicted octanol–water partition coefficient (Wildman–Crippen LogP) is 4.49. The van der Waals surface area contributed by atoms with Gasteiger partial charge in [-0.3, -0.25) is 4.79 Å². The average molecular weight is 357 g/mol. The van der Waals surface area contributed by atoms with E-state index in [1.165, 1.54) is 6.08 Å². The zero-order valence-electron chi connectivity index (χ0n) is 9.90. The van der Waals surface area contributed by atoms with Crippen LogP contribution in [0.5, 0.6) is 0 Å². The Kier molecular flexibility index (Phi) is 5.19. The Hall–Kier alpha value is -1.10. The van der Waals surface area contributed by atoms with Crippen LogP contribution in [0.1, 0.15) is 10.4 Å². The van der Waals surface area contributed by atoms with Crippen LogP contribution in [0.2, 0.25) is 5.02 Å². The lowest BCUT2D eigenvalue weighted by molar-refractivity contribution is -0.116. The third-order valence-corrected chi connectivity index (χ3v) is 4.59. The molecule has 0 fully saturated rings. The van der Waals surface area contributed by atoms with Gasteiger partial charge in [-0.15, -0.1) is 11.3 Å². The normalized spacial score (nSPS) is 10.8. The fourth-order valence-electron chi connectivity index (χ4n) is 1.42. The van der Waals surface area contributed by atoms with E-state index in [1.807, 2.05) is 23.6 Å². The lowest BCUT2D eigenvalue weighted by atomic mass is 10.2. The molecule has 0 aliphatic rings. The third kappa shape index (κ3) is 4.49. The molecule has 1 amide bonds. The second-order valence-electron chi connectivity index (χ2n) is 3.79.